The van der Waals surface area contributed by atoms with Crippen molar-refractivity contribution < 1.29 is 14.3 Å². The molecule has 168 valence electrons. The lowest BCUT2D eigenvalue weighted by atomic mass is 10.0. The first-order valence-corrected chi connectivity index (χ1v) is 11.1. The summed E-state index contributed by atoms with van der Waals surface area (Å²) in [5.41, 5.74) is 3.13. The van der Waals surface area contributed by atoms with E-state index >= 15 is 0 Å². The van der Waals surface area contributed by atoms with Gasteiger partial charge in [0.1, 0.15) is 11.4 Å². The van der Waals surface area contributed by atoms with Crippen LogP contribution in [-0.4, -0.2) is 30.4 Å². The minimum Gasteiger partial charge on any atom is -0.493 e. The van der Waals surface area contributed by atoms with Gasteiger partial charge in [0.25, 0.3) is 11.8 Å². The highest BCUT2D eigenvalue weighted by Gasteiger charge is 2.41. The van der Waals surface area contributed by atoms with E-state index in [-0.39, 0.29) is 11.8 Å². The number of benzene rings is 3. The fourth-order valence-electron chi connectivity index (χ4n) is 3.86. The molecule has 1 aliphatic rings. The molecule has 33 heavy (non-hydrogen) atoms. The fourth-order valence-corrected chi connectivity index (χ4v) is 3.86. The number of anilines is 1. The zero-order valence-corrected chi connectivity index (χ0v) is 19.2. The molecule has 3 aromatic rings. The van der Waals surface area contributed by atoms with E-state index < -0.39 is 0 Å². The van der Waals surface area contributed by atoms with Crippen LogP contribution in [0.3, 0.4) is 0 Å². The zero-order valence-electron chi connectivity index (χ0n) is 19.2. The Morgan fingerprint density at radius 2 is 1.42 bits per heavy atom. The lowest BCUT2D eigenvalue weighted by Crippen LogP contribution is -2.34. The lowest BCUT2D eigenvalue weighted by molar-refractivity contribution is -0.120. The van der Waals surface area contributed by atoms with Crippen molar-refractivity contribution in [2.45, 2.75) is 20.4 Å². The topological polar surface area (TPSA) is 49.9 Å². The molecule has 0 bridgehead atoms. The Hall–Kier alpha value is -3.86. The number of likely N-dealkylation sites (N-methyl/N-ethyl adjacent to an activating group) is 1. The SMILES string of the molecule is CC(C)COc1ccc(N2C(=O)C(c3ccccc3)=C(N(C)Cc3ccccc3)C2=O)cc1. The molecule has 1 aliphatic heterocycles. The van der Waals surface area contributed by atoms with Gasteiger partial charge in [0.15, 0.2) is 0 Å². The summed E-state index contributed by atoms with van der Waals surface area (Å²) in [6.07, 6.45) is 0. The normalized spacial score (nSPS) is 13.8. The largest absolute Gasteiger partial charge is 0.493 e. The smallest absolute Gasteiger partial charge is 0.282 e. The van der Waals surface area contributed by atoms with Gasteiger partial charge in [-0.25, -0.2) is 4.90 Å². The van der Waals surface area contributed by atoms with Gasteiger partial charge < -0.3 is 9.64 Å². The first kappa shape index (κ1) is 22.3. The molecular formula is C28H28N2O3. The van der Waals surface area contributed by atoms with Crippen molar-refractivity contribution in [2.75, 3.05) is 18.6 Å². The Morgan fingerprint density at radius 1 is 0.818 bits per heavy atom. The van der Waals surface area contributed by atoms with E-state index in [0.717, 1.165) is 11.1 Å². The summed E-state index contributed by atoms with van der Waals surface area (Å²) in [7, 11) is 1.85. The average molecular weight is 441 g/mol. The predicted octanol–water partition coefficient (Wildman–Crippen LogP) is 5.14. The van der Waals surface area contributed by atoms with Crippen molar-refractivity contribution in [3.63, 3.8) is 0 Å². The van der Waals surface area contributed by atoms with Gasteiger partial charge in [-0.15, -0.1) is 0 Å². The van der Waals surface area contributed by atoms with Crippen LogP contribution in [0.1, 0.15) is 25.0 Å². The molecule has 0 spiro atoms. The minimum atomic E-state index is -0.326. The maximum atomic E-state index is 13.6. The monoisotopic (exact) mass is 440 g/mol. The molecule has 0 N–H and O–H groups in total. The van der Waals surface area contributed by atoms with Crippen LogP contribution < -0.4 is 9.64 Å². The second-order valence-electron chi connectivity index (χ2n) is 8.58. The van der Waals surface area contributed by atoms with Crippen molar-refractivity contribution in [3.05, 3.63) is 102 Å². The third-order valence-electron chi connectivity index (χ3n) is 5.44. The van der Waals surface area contributed by atoms with Gasteiger partial charge in [0, 0.05) is 13.6 Å². The maximum absolute atomic E-state index is 13.6. The molecule has 2 amide bonds. The van der Waals surface area contributed by atoms with Crippen molar-refractivity contribution in [2.24, 2.45) is 5.92 Å². The van der Waals surface area contributed by atoms with Crippen LogP contribution in [0.15, 0.2) is 90.6 Å². The molecule has 0 atom stereocenters. The van der Waals surface area contributed by atoms with Crippen LogP contribution in [0.25, 0.3) is 5.57 Å². The van der Waals surface area contributed by atoms with Crippen molar-refractivity contribution >= 4 is 23.1 Å². The zero-order chi connectivity index (χ0) is 23.4. The van der Waals surface area contributed by atoms with Gasteiger partial charge in [-0.3, -0.25) is 9.59 Å². The third-order valence-corrected chi connectivity index (χ3v) is 5.44. The summed E-state index contributed by atoms with van der Waals surface area (Å²) in [6, 6.07) is 26.4. The molecule has 0 aliphatic carbocycles. The second-order valence-corrected chi connectivity index (χ2v) is 8.58. The van der Waals surface area contributed by atoms with Gasteiger partial charge >= 0.3 is 0 Å². The van der Waals surface area contributed by atoms with Crippen LogP contribution in [0.4, 0.5) is 5.69 Å². The van der Waals surface area contributed by atoms with Crippen molar-refractivity contribution in [1.29, 1.82) is 0 Å². The highest BCUT2D eigenvalue weighted by atomic mass is 16.5. The number of amides is 2. The van der Waals surface area contributed by atoms with Crippen LogP contribution in [0.2, 0.25) is 0 Å². The summed E-state index contributed by atoms with van der Waals surface area (Å²) in [6.45, 7) is 5.29. The number of ether oxygens (including phenoxy) is 1. The Labute approximate surface area is 194 Å². The molecule has 0 saturated carbocycles. The summed E-state index contributed by atoms with van der Waals surface area (Å²) in [4.78, 5) is 30.3. The molecule has 5 heteroatoms. The van der Waals surface area contributed by atoms with Gasteiger partial charge in [0.2, 0.25) is 0 Å². The number of nitrogens with zero attached hydrogens (tertiary/aromatic N) is 2. The third kappa shape index (κ3) is 4.82. The number of hydrogen-bond donors (Lipinski definition) is 0. The first-order chi connectivity index (χ1) is 16.0. The van der Waals surface area contributed by atoms with E-state index in [0.29, 0.717) is 41.8 Å². The molecule has 3 aromatic carbocycles. The van der Waals surface area contributed by atoms with Crippen LogP contribution in [0.5, 0.6) is 5.75 Å². The van der Waals surface area contributed by atoms with Gasteiger partial charge in [0.05, 0.1) is 17.9 Å². The van der Waals surface area contributed by atoms with Gasteiger partial charge in [-0.05, 0) is 41.3 Å². The Balaban J connectivity index is 1.67. The van der Waals surface area contributed by atoms with Gasteiger partial charge in [-0.2, -0.15) is 0 Å². The van der Waals surface area contributed by atoms with Crippen LogP contribution >= 0.6 is 0 Å². The van der Waals surface area contributed by atoms with E-state index in [1.807, 2.05) is 72.6 Å². The fraction of sp³-hybridized carbons (Fsp3) is 0.214. The molecule has 0 fully saturated rings. The van der Waals surface area contributed by atoms with Gasteiger partial charge in [-0.1, -0.05) is 74.5 Å². The van der Waals surface area contributed by atoms with Crippen LogP contribution in [0, 0.1) is 5.92 Å². The Morgan fingerprint density at radius 3 is 2.03 bits per heavy atom. The van der Waals surface area contributed by atoms with E-state index in [2.05, 4.69) is 13.8 Å². The first-order valence-electron chi connectivity index (χ1n) is 11.1. The lowest BCUT2D eigenvalue weighted by Gasteiger charge is -2.22. The highest BCUT2D eigenvalue weighted by molar-refractivity contribution is 6.45. The number of hydrogen-bond acceptors (Lipinski definition) is 4. The Bertz CT molecular complexity index is 1150. The number of rotatable bonds is 8. The molecule has 0 aromatic heterocycles. The molecule has 4 rings (SSSR count). The highest BCUT2D eigenvalue weighted by Crippen LogP contribution is 2.35. The van der Waals surface area contributed by atoms with E-state index in [9.17, 15) is 9.59 Å². The van der Waals surface area contributed by atoms with Crippen molar-refractivity contribution in [3.8, 4) is 5.75 Å². The predicted molar refractivity (Wildman–Crippen MR) is 131 cm³/mol. The summed E-state index contributed by atoms with van der Waals surface area (Å²) < 4.78 is 5.75. The molecule has 0 saturated heterocycles. The minimum absolute atomic E-state index is 0.322. The van der Waals surface area contributed by atoms with E-state index in [4.69, 9.17) is 4.74 Å². The molecule has 1 heterocycles. The number of carbonyl (C=O) groups excluding carboxylic acids is 2. The molecule has 0 radical (unpaired) electrons. The average Bonchev–Trinajstić information content (AvgIpc) is 3.09. The second kappa shape index (κ2) is 9.74. The Kier molecular flexibility index (Phi) is 6.59. The number of carbonyl (C=O) groups is 2. The quantitative estimate of drug-likeness (QED) is 0.455. The van der Waals surface area contributed by atoms with Crippen molar-refractivity contribution in [1.82, 2.24) is 4.90 Å². The summed E-state index contributed by atoms with van der Waals surface area (Å²) >= 11 is 0. The standard InChI is InChI=1S/C28H28N2O3/c1-20(2)19-33-24-16-14-23(15-17-24)30-27(31)25(22-12-8-5-9-13-22)26(28(30)32)29(3)18-21-10-6-4-7-11-21/h4-17,20H,18-19H2,1-3H3. The summed E-state index contributed by atoms with van der Waals surface area (Å²) in [5, 5.41) is 0. The van der Waals surface area contributed by atoms with E-state index in [1.165, 1.54) is 4.90 Å². The molecule has 5 nitrogen and oxygen atoms in total. The maximum Gasteiger partial charge on any atom is 0.282 e. The number of imide groups is 1. The van der Waals surface area contributed by atoms with Crippen LogP contribution in [-0.2, 0) is 16.1 Å². The molecule has 0 unspecified atom stereocenters. The van der Waals surface area contributed by atoms with E-state index in [1.54, 1.807) is 24.3 Å². The molecular weight excluding hydrogens is 412 g/mol. The summed E-state index contributed by atoms with van der Waals surface area (Å²) in [5.74, 6) is 0.473.